The molecule has 4 rings (SSSR count). The van der Waals surface area contributed by atoms with Gasteiger partial charge in [0.1, 0.15) is 5.82 Å². The summed E-state index contributed by atoms with van der Waals surface area (Å²) in [6, 6.07) is 12.7. The molecule has 4 nitrogen and oxygen atoms in total. The van der Waals surface area contributed by atoms with Crippen molar-refractivity contribution in [1.82, 2.24) is 15.0 Å². The maximum absolute atomic E-state index is 4.91. The number of para-hydroxylation sites is 1. The highest BCUT2D eigenvalue weighted by atomic mass is 15.2. The van der Waals surface area contributed by atoms with Gasteiger partial charge >= 0.3 is 0 Å². The largest absolute Gasteiger partial charge is 0.353 e. The van der Waals surface area contributed by atoms with E-state index < -0.39 is 0 Å². The van der Waals surface area contributed by atoms with E-state index in [-0.39, 0.29) is 0 Å². The number of aromatic nitrogens is 3. The molecule has 0 aliphatic carbocycles. The second-order valence-corrected chi connectivity index (χ2v) is 6.33. The summed E-state index contributed by atoms with van der Waals surface area (Å²) in [6.45, 7) is 5.66. The topological polar surface area (TPSA) is 41.9 Å². The van der Waals surface area contributed by atoms with E-state index in [1.807, 2.05) is 24.4 Å². The highest BCUT2D eigenvalue weighted by molar-refractivity contribution is 5.91. The number of anilines is 1. The predicted molar refractivity (Wildman–Crippen MR) is 93.4 cm³/mol. The van der Waals surface area contributed by atoms with Gasteiger partial charge in [-0.15, -0.1) is 0 Å². The van der Waals surface area contributed by atoms with E-state index >= 15 is 0 Å². The number of fused-ring (bicyclic) bond motifs is 1. The Morgan fingerprint density at radius 3 is 2.65 bits per heavy atom. The minimum atomic E-state index is 0.495. The molecule has 1 fully saturated rings. The Kier molecular flexibility index (Phi) is 3.45. The average molecular weight is 304 g/mol. The Balaban J connectivity index is 1.91. The van der Waals surface area contributed by atoms with Gasteiger partial charge in [0.05, 0.1) is 5.52 Å². The van der Waals surface area contributed by atoms with Gasteiger partial charge < -0.3 is 4.90 Å². The van der Waals surface area contributed by atoms with Crippen LogP contribution in [0.15, 0.2) is 48.8 Å². The molecule has 4 heteroatoms. The van der Waals surface area contributed by atoms with Crippen LogP contribution in [0.5, 0.6) is 0 Å². The lowest BCUT2D eigenvalue weighted by Gasteiger charge is -2.26. The molecule has 1 saturated heterocycles. The van der Waals surface area contributed by atoms with Gasteiger partial charge in [-0.25, -0.2) is 9.97 Å². The summed E-state index contributed by atoms with van der Waals surface area (Å²) >= 11 is 0. The lowest BCUT2D eigenvalue weighted by Crippen LogP contribution is -2.30. The molecule has 0 amide bonds. The third-order valence-electron chi connectivity index (χ3n) is 4.92. The minimum absolute atomic E-state index is 0.495. The zero-order valence-electron chi connectivity index (χ0n) is 13.5. The summed E-state index contributed by atoms with van der Waals surface area (Å²) in [5, 5.41) is 1.13. The first-order chi connectivity index (χ1) is 11.2. The van der Waals surface area contributed by atoms with Gasteiger partial charge in [0.2, 0.25) is 0 Å². The Bertz CT molecular complexity index is 831. The quantitative estimate of drug-likeness (QED) is 0.719. The second kappa shape index (κ2) is 5.61. The lowest BCUT2D eigenvalue weighted by molar-refractivity contribution is 0.545. The van der Waals surface area contributed by atoms with Crippen LogP contribution in [0.4, 0.5) is 5.82 Å². The van der Waals surface area contributed by atoms with E-state index in [0.29, 0.717) is 12.0 Å². The summed E-state index contributed by atoms with van der Waals surface area (Å²) in [5.74, 6) is 2.48. The van der Waals surface area contributed by atoms with Crippen molar-refractivity contribution < 1.29 is 0 Å². The fourth-order valence-electron chi connectivity index (χ4n) is 3.30. The van der Waals surface area contributed by atoms with Gasteiger partial charge in [0.25, 0.3) is 0 Å². The summed E-state index contributed by atoms with van der Waals surface area (Å²) in [5.41, 5.74) is 1.95. The molecule has 1 aliphatic heterocycles. The van der Waals surface area contributed by atoms with E-state index in [2.05, 4.69) is 41.9 Å². The van der Waals surface area contributed by atoms with Gasteiger partial charge in [0, 0.05) is 35.9 Å². The first-order valence-corrected chi connectivity index (χ1v) is 8.18. The van der Waals surface area contributed by atoms with E-state index in [4.69, 9.17) is 9.97 Å². The zero-order valence-corrected chi connectivity index (χ0v) is 13.5. The Morgan fingerprint density at radius 2 is 1.91 bits per heavy atom. The summed E-state index contributed by atoms with van der Waals surface area (Å²) in [6.07, 6.45) is 4.81. The highest BCUT2D eigenvalue weighted by Crippen LogP contribution is 2.33. The maximum Gasteiger partial charge on any atom is 0.163 e. The van der Waals surface area contributed by atoms with Crippen molar-refractivity contribution in [3.8, 4) is 11.4 Å². The fourth-order valence-corrected chi connectivity index (χ4v) is 3.30. The van der Waals surface area contributed by atoms with Gasteiger partial charge in [-0.3, -0.25) is 4.98 Å². The smallest absolute Gasteiger partial charge is 0.163 e. The van der Waals surface area contributed by atoms with Gasteiger partial charge in [-0.05, 0) is 43.5 Å². The van der Waals surface area contributed by atoms with E-state index in [1.165, 1.54) is 6.42 Å². The molecule has 2 atom stereocenters. The van der Waals surface area contributed by atoms with Crippen LogP contribution in [0.25, 0.3) is 22.3 Å². The number of rotatable bonds is 2. The molecule has 23 heavy (non-hydrogen) atoms. The van der Waals surface area contributed by atoms with Crippen LogP contribution in [0.3, 0.4) is 0 Å². The van der Waals surface area contributed by atoms with Gasteiger partial charge in [-0.1, -0.05) is 19.1 Å². The van der Waals surface area contributed by atoms with Crippen LogP contribution in [0.2, 0.25) is 0 Å². The Labute approximate surface area is 136 Å². The molecule has 116 valence electrons. The SMILES string of the molecule is CC1CCN(c2nc(-c3cccnc3)nc3ccccc23)C1C. The van der Waals surface area contributed by atoms with Crippen LogP contribution in [0.1, 0.15) is 20.3 Å². The molecular weight excluding hydrogens is 284 g/mol. The minimum Gasteiger partial charge on any atom is -0.353 e. The Morgan fingerprint density at radius 1 is 1.04 bits per heavy atom. The van der Waals surface area contributed by atoms with Gasteiger partial charge in [0.15, 0.2) is 5.82 Å². The second-order valence-electron chi connectivity index (χ2n) is 6.33. The fraction of sp³-hybridized carbons (Fsp3) is 0.316. The van der Waals surface area contributed by atoms with Crippen molar-refractivity contribution in [3.05, 3.63) is 48.8 Å². The number of nitrogens with zero attached hydrogens (tertiary/aromatic N) is 4. The molecule has 3 heterocycles. The molecule has 0 bridgehead atoms. The van der Waals surface area contributed by atoms with Crippen molar-refractivity contribution >= 4 is 16.7 Å². The summed E-state index contributed by atoms with van der Waals surface area (Å²) in [7, 11) is 0. The van der Waals surface area contributed by atoms with E-state index in [1.54, 1.807) is 6.20 Å². The van der Waals surface area contributed by atoms with Crippen LogP contribution in [-0.4, -0.2) is 27.5 Å². The molecule has 0 radical (unpaired) electrons. The van der Waals surface area contributed by atoms with Crippen LogP contribution >= 0.6 is 0 Å². The first-order valence-electron chi connectivity index (χ1n) is 8.18. The molecule has 1 aromatic carbocycles. The van der Waals surface area contributed by atoms with Crippen LogP contribution in [0, 0.1) is 5.92 Å². The van der Waals surface area contributed by atoms with Crippen molar-refractivity contribution in [2.75, 3.05) is 11.4 Å². The van der Waals surface area contributed by atoms with Gasteiger partial charge in [-0.2, -0.15) is 0 Å². The summed E-state index contributed by atoms with van der Waals surface area (Å²) in [4.78, 5) is 16.3. The monoisotopic (exact) mass is 304 g/mol. The average Bonchev–Trinajstić information content (AvgIpc) is 2.94. The van der Waals surface area contributed by atoms with Crippen molar-refractivity contribution in [2.45, 2.75) is 26.3 Å². The molecule has 0 saturated carbocycles. The number of hydrogen-bond acceptors (Lipinski definition) is 4. The van der Waals surface area contributed by atoms with Crippen molar-refractivity contribution in [1.29, 1.82) is 0 Å². The molecule has 1 aliphatic rings. The molecule has 3 aromatic rings. The molecule has 0 spiro atoms. The third-order valence-corrected chi connectivity index (χ3v) is 4.92. The highest BCUT2D eigenvalue weighted by Gasteiger charge is 2.29. The van der Waals surface area contributed by atoms with Crippen LogP contribution < -0.4 is 4.90 Å². The maximum atomic E-state index is 4.91. The third kappa shape index (κ3) is 2.44. The standard InChI is InChI=1S/C19H20N4/c1-13-9-11-23(14(13)2)19-16-7-3-4-8-17(16)21-18(22-19)15-6-5-10-20-12-15/h3-8,10,12-14H,9,11H2,1-2H3. The molecule has 0 N–H and O–H groups in total. The van der Waals surface area contributed by atoms with Crippen LogP contribution in [-0.2, 0) is 0 Å². The molecule has 2 aromatic heterocycles. The van der Waals surface area contributed by atoms with E-state index in [9.17, 15) is 0 Å². The first kappa shape index (κ1) is 14.1. The normalized spacial score (nSPS) is 21.0. The molecule has 2 unspecified atom stereocenters. The van der Waals surface area contributed by atoms with Crippen molar-refractivity contribution in [3.63, 3.8) is 0 Å². The molecular formula is C19H20N4. The Hall–Kier alpha value is -2.49. The van der Waals surface area contributed by atoms with E-state index in [0.717, 1.165) is 34.7 Å². The predicted octanol–water partition coefficient (Wildman–Crippen LogP) is 3.93. The lowest BCUT2D eigenvalue weighted by atomic mass is 10.1. The number of hydrogen-bond donors (Lipinski definition) is 0. The summed E-state index contributed by atoms with van der Waals surface area (Å²) < 4.78 is 0. The van der Waals surface area contributed by atoms with Crippen molar-refractivity contribution in [2.24, 2.45) is 5.92 Å². The number of benzene rings is 1. The zero-order chi connectivity index (χ0) is 15.8. The number of pyridine rings is 1.